The van der Waals surface area contributed by atoms with Crippen LogP contribution in [0.25, 0.3) is 6.08 Å². The first-order valence-electron chi connectivity index (χ1n) is 12.0. The predicted molar refractivity (Wildman–Crippen MR) is 144 cm³/mol. The Labute approximate surface area is 228 Å². The normalized spacial score (nSPS) is 14.8. The number of carbonyl (C=O) groups excluding carboxylic acids is 2. The fourth-order valence-corrected chi connectivity index (χ4v) is 5.41. The second-order valence-electron chi connectivity index (χ2n) is 8.37. The minimum Gasteiger partial charge on any atom is -0.493 e. The summed E-state index contributed by atoms with van der Waals surface area (Å²) >= 11 is 1.19. The van der Waals surface area contributed by atoms with Crippen molar-refractivity contribution in [3.05, 3.63) is 84.0 Å². The number of allylic oxidation sites excluding steroid dienone is 1. The van der Waals surface area contributed by atoms with Crippen LogP contribution in [0.15, 0.2) is 57.5 Å². The van der Waals surface area contributed by atoms with Crippen molar-refractivity contribution in [2.75, 3.05) is 35.0 Å². The Balaban J connectivity index is 1.93. The van der Waals surface area contributed by atoms with Crippen molar-refractivity contribution in [3.8, 4) is 17.2 Å². The van der Waals surface area contributed by atoms with Crippen LogP contribution in [0.4, 0.5) is 0 Å². The van der Waals surface area contributed by atoms with Crippen molar-refractivity contribution >= 4 is 29.4 Å². The molecule has 11 heteroatoms. The van der Waals surface area contributed by atoms with Gasteiger partial charge in [0.25, 0.3) is 5.56 Å². The van der Waals surface area contributed by atoms with Crippen LogP contribution in [0.5, 0.6) is 17.2 Å². The maximum absolute atomic E-state index is 13.8. The molecule has 1 aliphatic heterocycles. The average Bonchev–Trinajstić information content (AvgIpc) is 3.25. The fraction of sp³-hybridized carbons (Fsp3) is 0.286. The van der Waals surface area contributed by atoms with Crippen molar-refractivity contribution in [2.24, 2.45) is 4.99 Å². The molecule has 0 aliphatic carbocycles. The topological polar surface area (TPSA) is 115 Å². The van der Waals surface area contributed by atoms with Gasteiger partial charge in [-0.05, 0) is 55.3 Å². The van der Waals surface area contributed by atoms with Gasteiger partial charge < -0.3 is 23.7 Å². The first kappa shape index (κ1) is 27.6. The number of hydrogen-bond acceptors (Lipinski definition) is 10. The number of aromatic nitrogens is 1. The van der Waals surface area contributed by atoms with E-state index >= 15 is 0 Å². The zero-order chi connectivity index (χ0) is 28.3. The summed E-state index contributed by atoms with van der Waals surface area (Å²) in [5.41, 5.74) is 1.94. The minimum absolute atomic E-state index is 0.162. The number of benzene rings is 2. The van der Waals surface area contributed by atoms with Crippen LogP contribution in [-0.2, 0) is 14.3 Å². The zero-order valence-electron chi connectivity index (χ0n) is 22.4. The van der Waals surface area contributed by atoms with Gasteiger partial charge in [-0.25, -0.2) is 14.6 Å². The maximum atomic E-state index is 13.8. The van der Waals surface area contributed by atoms with Crippen LogP contribution in [0.3, 0.4) is 0 Å². The Morgan fingerprint density at radius 1 is 1.00 bits per heavy atom. The molecule has 0 amide bonds. The predicted octanol–water partition coefficient (Wildman–Crippen LogP) is 2.61. The number of esters is 2. The summed E-state index contributed by atoms with van der Waals surface area (Å²) in [4.78, 5) is 43.9. The Morgan fingerprint density at radius 3 is 2.18 bits per heavy atom. The lowest BCUT2D eigenvalue weighted by atomic mass is 9.95. The maximum Gasteiger partial charge on any atom is 0.338 e. The van der Waals surface area contributed by atoms with Gasteiger partial charge in [0, 0.05) is 0 Å². The molecule has 1 aliphatic rings. The molecule has 204 valence electrons. The Hall–Kier alpha value is -4.38. The van der Waals surface area contributed by atoms with Gasteiger partial charge >= 0.3 is 11.9 Å². The molecule has 0 N–H and O–H groups in total. The molecular weight excluding hydrogens is 524 g/mol. The molecule has 1 unspecified atom stereocenters. The largest absolute Gasteiger partial charge is 0.493 e. The fourth-order valence-electron chi connectivity index (χ4n) is 4.36. The molecule has 2 heterocycles. The molecule has 0 fully saturated rings. The zero-order valence-corrected chi connectivity index (χ0v) is 23.2. The van der Waals surface area contributed by atoms with Crippen molar-refractivity contribution in [1.29, 1.82) is 0 Å². The van der Waals surface area contributed by atoms with E-state index in [4.69, 9.17) is 23.7 Å². The van der Waals surface area contributed by atoms with Crippen molar-refractivity contribution in [2.45, 2.75) is 19.9 Å². The molecule has 1 aromatic heterocycles. The molecule has 0 radical (unpaired) electrons. The van der Waals surface area contributed by atoms with Crippen molar-refractivity contribution in [1.82, 2.24) is 4.57 Å². The number of thiazole rings is 1. The quantitative estimate of drug-likeness (QED) is 0.392. The third-order valence-corrected chi connectivity index (χ3v) is 7.13. The number of rotatable bonds is 8. The Bertz CT molecular complexity index is 1610. The van der Waals surface area contributed by atoms with E-state index in [0.29, 0.717) is 49.0 Å². The highest BCUT2D eigenvalue weighted by Gasteiger charge is 2.33. The molecule has 10 nitrogen and oxygen atoms in total. The molecule has 0 saturated carbocycles. The summed E-state index contributed by atoms with van der Waals surface area (Å²) in [5.74, 6) is 0.261. The lowest BCUT2D eigenvalue weighted by Gasteiger charge is -2.24. The Kier molecular flexibility index (Phi) is 8.20. The summed E-state index contributed by atoms with van der Waals surface area (Å²) < 4.78 is 28.2. The van der Waals surface area contributed by atoms with Crippen LogP contribution in [0, 0.1) is 0 Å². The number of methoxy groups -OCH3 is 4. The number of fused-ring (bicyclic) bond motifs is 1. The van der Waals surface area contributed by atoms with Gasteiger partial charge in [-0.1, -0.05) is 23.5 Å². The standard InChI is InChI=1S/C28H28N2O8S/c1-7-38-27(33)22-15(2)29-28-30(23(22)17-8-10-18(11-9-17)26(32)37-6)25(31)21(39-28)14-16-12-19(34-3)24(36-5)20(13-16)35-4/h8-14,23H,7H2,1-6H3. The van der Waals surface area contributed by atoms with Crippen LogP contribution in [-0.4, -0.2) is 51.6 Å². The van der Waals surface area contributed by atoms with Gasteiger partial charge in [0.2, 0.25) is 5.75 Å². The number of nitrogens with zero attached hydrogens (tertiary/aromatic N) is 2. The molecular formula is C28H28N2O8S. The van der Waals surface area contributed by atoms with Gasteiger partial charge in [0.1, 0.15) is 0 Å². The lowest BCUT2D eigenvalue weighted by Crippen LogP contribution is -2.40. The summed E-state index contributed by atoms with van der Waals surface area (Å²) in [6.45, 7) is 3.58. The molecule has 39 heavy (non-hydrogen) atoms. The lowest BCUT2D eigenvalue weighted by molar-refractivity contribution is -0.139. The monoisotopic (exact) mass is 552 g/mol. The summed E-state index contributed by atoms with van der Waals surface area (Å²) in [6.07, 6.45) is 1.70. The van der Waals surface area contributed by atoms with Crippen LogP contribution < -0.4 is 29.1 Å². The van der Waals surface area contributed by atoms with Crippen LogP contribution >= 0.6 is 11.3 Å². The van der Waals surface area contributed by atoms with Crippen molar-refractivity contribution in [3.63, 3.8) is 0 Å². The van der Waals surface area contributed by atoms with E-state index in [-0.39, 0.29) is 17.7 Å². The van der Waals surface area contributed by atoms with E-state index in [1.165, 1.54) is 44.3 Å². The smallest absolute Gasteiger partial charge is 0.338 e. The first-order chi connectivity index (χ1) is 18.8. The van der Waals surface area contributed by atoms with Crippen LogP contribution in [0.2, 0.25) is 0 Å². The third kappa shape index (κ3) is 5.17. The Morgan fingerprint density at radius 2 is 1.64 bits per heavy atom. The van der Waals surface area contributed by atoms with E-state index in [2.05, 4.69) is 4.99 Å². The summed E-state index contributed by atoms with van der Waals surface area (Å²) in [6, 6.07) is 9.21. The van der Waals surface area contributed by atoms with Gasteiger partial charge in [-0.15, -0.1) is 0 Å². The molecule has 0 saturated heterocycles. The van der Waals surface area contributed by atoms with Gasteiger partial charge in [0.05, 0.1) is 62.5 Å². The number of ether oxygens (including phenoxy) is 5. The van der Waals surface area contributed by atoms with E-state index in [0.717, 1.165) is 0 Å². The molecule has 0 bridgehead atoms. The molecule has 2 aromatic carbocycles. The number of carbonyl (C=O) groups is 2. The van der Waals surface area contributed by atoms with Crippen molar-refractivity contribution < 1.29 is 33.3 Å². The molecule has 3 aromatic rings. The van der Waals surface area contributed by atoms with E-state index in [1.807, 2.05) is 0 Å². The highest BCUT2D eigenvalue weighted by Crippen LogP contribution is 2.38. The third-order valence-electron chi connectivity index (χ3n) is 6.15. The highest BCUT2D eigenvalue weighted by atomic mass is 32.1. The average molecular weight is 553 g/mol. The molecule has 4 rings (SSSR count). The molecule has 1 atom stereocenters. The van der Waals surface area contributed by atoms with Gasteiger partial charge in [-0.2, -0.15) is 0 Å². The van der Waals surface area contributed by atoms with Crippen LogP contribution in [0.1, 0.15) is 41.4 Å². The van der Waals surface area contributed by atoms with E-state index < -0.39 is 18.0 Å². The van der Waals surface area contributed by atoms with Gasteiger partial charge in [0.15, 0.2) is 16.3 Å². The van der Waals surface area contributed by atoms with Gasteiger partial charge in [-0.3, -0.25) is 9.36 Å². The first-order valence-corrected chi connectivity index (χ1v) is 12.8. The van der Waals surface area contributed by atoms with E-state index in [9.17, 15) is 14.4 Å². The summed E-state index contributed by atoms with van der Waals surface area (Å²) in [5, 5.41) is 0. The highest BCUT2D eigenvalue weighted by molar-refractivity contribution is 7.07. The second-order valence-corrected chi connectivity index (χ2v) is 9.38. The number of hydrogen-bond donors (Lipinski definition) is 0. The second kappa shape index (κ2) is 11.6. The SMILES string of the molecule is CCOC(=O)C1=C(C)N=c2sc(=Cc3cc(OC)c(OC)c(OC)c3)c(=O)n2C1c1ccc(C(=O)OC)cc1. The minimum atomic E-state index is -0.811. The molecule has 0 spiro atoms. The summed E-state index contributed by atoms with van der Waals surface area (Å²) in [7, 11) is 5.84. The van der Waals surface area contributed by atoms with E-state index in [1.54, 1.807) is 56.3 Å².